The molecule has 2 N–H and O–H groups in total. The summed E-state index contributed by atoms with van der Waals surface area (Å²) in [5, 5.41) is 0. The highest BCUT2D eigenvalue weighted by molar-refractivity contribution is 5.11. The van der Waals surface area contributed by atoms with E-state index in [0.29, 0.717) is 0 Å². The van der Waals surface area contributed by atoms with E-state index < -0.39 is 0 Å². The summed E-state index contributed by atoms with van der Waals surface area (Å²) in [6.45, 7) is 2.99. The van der Waals surface area contributed by atoms with Crippen LogP contribution in [0.2, 0.25) is 0 Å². The van der Waals surface area contributed by atoms with Crippen molar-refractivity contribution in [1.29, 1.82) is 0 Å². The largest absolute Gasteiger partial charge is 0.327 e. The Hall–Kier alpha value is -0.300. The second kappa shape index (κ2) is 3.77. The summed E-state index contributed by atoms with van der Waals surface area (Å²) in [6.07, 6.45) is 7.58. The Morgan fingerprint density at radius 2 is 2.50 bits per heavy atom. The van der Waals surface area contributed by atoms with Gasteiger partial charge in [0.1, 0.15) is 0 Å². The van der Waals surface area contributed by atoms with Gasteiger partial charge in [-0.1, -0.05) is 18.6 Å². The van der Waals surface area contributed by atoms with E-state index in [9.17, 15) is 0 Å². The fourth-order valence-electron chi connectivity index (χ4n) is 1.83. The zero-order chi connectivity index (χ0) is 7.40. The predicted molar refractivity (Wildman–Crippen MR) is 44.8 cm³/mol. The van der Waals surface area contributed by atoms with Gasteiger partial charge in [0.25, 0.3) is 0 Å². The Kier molecular flexibility index (Phi) is 2.94. The number of hydrogen-bond acceptors (Lipinski definition) is 1. The summed E-state index contributed by atoms with van der Waals surface area (Å²) in [7, 11) is 0. The minimum Gasteiger partial charge on any atom is -0.327 e. The van der Waals surface area contributed by atoms with Gasteiger partial charge in [0, 0.05) is 6.54 Å². The Morgan fingerprint density at radius 1 is 1.70 bits per heavy atom. The average Bonchev–Trinajstić information content (AvgIpc) is 2.36. The standard InChI is InChI=1S/C9H17N/c1-2-8-4-3-5-9(8)6-7-10/h6,8H,2-5,7,10H2,1H3/b9-6+. The molecule has 1 heteroatoms. The maximum absolute atomic E-state index is 5.45. The molecule has 1 atom stereocenters. The highest BCUT2D eigenvalue weighted by Crippen LogP contribution is 2.32. The zero-order valence-corrected chi connectivity index (χ0v) is 6.77. The molecule has 0 spiro atoms. The van der Waals surface area contributed by atoms with Crippen LogP contribution in [0.25, 0.3) is 0 Å². The number of hydrogen-bond donors (Lipinski definition) is 1. The first-order valence-corrected chi connectivity index (χ1v) is 4.27. The van der Waals surface area contributed by atoms with Crippen molar-refractivity contribution in [1.82, 2.24) is 0 Å². The van der Waals surface area contributed by atoms with E-state index in [4.69, 9.17) is 5.73 Å². The van der Waals surface area contributed by atoms with Gasteiger partial charge in [-0.05, 0) is 31.6 Å². The van der Waals surface area contributed by atoms with Crippen molar-refractivity contribution in [3.8, 4) is 0 Å². The summed E-state index contributed by atoms with van der Waals surface area (Å²) < 4.78 is 0. The van der Waals surface area contributed by atoms with Crippen LogP contribution in [-0.4, -0.2) is 6.54 Å². The van der Waals surface area contributed by atoms with E-state index in [1.54, 1.807) is 5.57 Å². The highest BCUT2D eigenvalue weighted by atomic mass is 14.5. The van der Waals surface area contributed by atoms with Gasteiger partial charge in [-0.3, -0.25) is 0 Å². The Bertz CT molecular complexity index is 127. The fourth-order valence-corrected chi connectivity index (χ4v) is 1.83. The van der Waals surface area contributed by atoms with Gasteiger partial charge in [0.2, 0.25) is 0 Å². The molecule has 0 aromatic rings. The molecule has 1 saturated carbocycles. The van der Waals surface area contributed by atoms with Crippen molar-refractivity contribution >= 4 is 0 Å². The molecular formula is C9H17N. The smallest absolute Gasteiger partial charge is 0.0109 e. The molecule has 1 nitrogen and oxygen atoms in total. The Labute approximate surface area is 63.3 Å². The summed E-state index contributed by atoms with van der Waals surface area (Å²) in [6, 6.07) is 0. The van der Waals surface area contributed by atoms with Gasteiger partial charge in [0.15, 0.2) is 0 Å². The maximum Gasteiger partial charge on any atom is 0.0109 e. The predicted octanol–water partition coefficient (Wildman–Crippen LogP) is 2.08. The second-order valence-corrected chi connectivity index (χ2v) is 3.01. The van der Waals surface area contributed by atoms with E-state index in [2.05, 4.69) is 13.0 Å². The van der Waals surface area contributed by atoms with Crippen LogP contribution in [0.5, 0.6) is 0 Å². The van der Waals surface area contributed by atoms with Gasteiger partial charge in [-0.2, -0.15) is 0 Å². The molecule has 1 aliphatic rings. The maximum atomic E-state index is 5.45. The lowest BCUT2D eigenvalue weighted by Crippen LogP contribution is -1.99. The molecular weight excluding hydrogens is 122 g/mol. The summed E-state index contributed by atoms with van der Waals surface area (Å²) >= 11 is 0. The number of rotatable bonds is 2. The van der Waals surface area contributed by atoms with Crippen molar-refractivity contribution in [2.75, 3.05) is 6.54 Å². The molecule has 1 aliphatic carbocycles. The molecule has 0 heterocycles. The number of nitrogens with two attached hydrogens (primary N) is 1. The van der Waals surface area contributed by atoms with Crippen LogP contribution in [0.4, 0.5) is 0 Å². The molecule has 58 valence electrons. The molecule has 1 rings (SSSR count). The van der Waals surface area contributed by atoms with E-state index in [1.165, 1.54) is 25.7 Å². The molecule has 0 aliphatic heterocycles. The SMILES string of the molecule is CCC1CCC/C1=C\CN. The van der Waals surface area contributed by atoms with Crippen LogP contribution < -0.4 is 5.73 Å². The lowest BCUT2D eigenvalue weighted by Gasteiger charge is -2.06. The van der Waals surface area contributed by atoms with E-state index in [1.807, 2.05) is 0 Å². The second-order valence-electron chi connectivity index (χ2n) is 3.01. The van der Waals surface area contributed by atoms with Crippen molar-refractivity contribution in [2.24, 2.45) is 11.7 Å². The summed E-state index contributed by atoms with van der Waals surface area (Å²) in [5.41, 5.74) is 7.06. The molecule has 1 fully saturated rings. The van der Waals surface area contributed by atoms with Crippen molar-refractivity contribution in [3.05, 3.63) is 11.6 Å². The third-order valence-corrected chi connectivity index (χ3v) is 2.42. The first kappa shape index (κ1) is 7.80. The monoisotopic (exact) mass is 139 g/mol. The van der Waals surface area contributed by atoms with Gasteiger partial charge in [-0.25, -0.2) is 0 Å². The van der Waals surface area contributed by atoms with E-state index in [0.717, 1.165) is 12.5 Å². The first-order valence-electron chi connectivity index (χ1n) is 4.27. The molecule has 0 bridgehead atoms. The van der Waals surface area contributed by atoms with Crippen LogP contribution in [0.1, 0.15) is 32.6 Å². The van der Waals surface area contributed by atoms with Gasteiger partial charge in [0.05, 0.1) is 0 Å². The zero-order valence-electron chi connectivity index (χ0n) is 6.77. The third-order valence-electron chi connectivity index (χ3n) is 2.42. The third kappa shape index (κ3) is 1.60. The average molecular weight is 139 g/mol. The molecule has 10 heavy (non-hydrogen) atoms. The summed E-state index contributed by atoms with van der Waals surface area (Å²) in [4.78, 5) is 0. The summed E-state index contributed by atoms with van der Waals surface area (Å²) in [5.74, 6) is 0.864. The highest BCUT2D eigenvalue weighted by Gasteiger charge is 2.17. The van der Waals surface area contributed by atoms with E-state index >= 15 is 0 Å². The van der Waals surface area contributed by atoms with E-state index in [-0.39, 0.29) is 0 Å². The fraction of sp³-hybridized carbons (Fsp3) is 0.778. The lowest BCUT2D eigenvalue weighted by molar-refractivity contribution is 0.605. The first-order chi connectivity index (χ1) is 4.88. The Balaban J connectivity index is 2.49. The van der Waals surface area contributed by atoms with Crippen molar-refractivity contribution in [3.63, 3.8) is 0 Å². The minimum atomic E-state index is 0.728. The molecule has 0 saturated heterocycles. The minimum absolute atomic E-state index is 0.728. The topological polar surface area (TPSA) is 26.0 Å². The lowest BCUT2D eigenvalue weighted by atomic mass is 10.00. The van der Waals surface area contributed by atoms with Gasteiger partial charge in [-0.15, -0.1) is 0 Å². The molecule has 0 aromatic carbocycles. The van der Waals surface area contributed by atoms with Gasteiger partial charge < -0.3 is 5.73 Å². The van der Waals surface area contributed by atoms with Crippen molar-refractivity contribution < 1.29 is 0 Å². The van der Waals surface area contributed by atoms with Crippen LogP contribution in [-0.2, 0) is 0 Å². The van der Waals surface area contributed by atoms with Crippen LogP contribution in [0.3, 0.4) is 0 Å². The van der Waals surface area contributed by atoms with Crippen LogP contribution >= 0.6 is 0 Å². The van der Waals surface area contributed by atoms with Gasteiger partial charge >= 0.3 is 0 Å². The molecule has 1 unspecified atom stereocenters. The van der Waals surface area contributed by atoms with Crippen LogP contribution in [0.15, 0.2) is 11.6 Å². The van der Waals surface area contributed by atoms with Crippen molar-refractivity contribution in [2.45, 2.75) is 32.6 Å². The molecule has 0 amide bonds. The number of allylic oxidation sites excluding steroid dienone is 1. The van der Waals surface area contributed by atoms with Crippen LogP contribution in [0, 0.1) is 5.92 Å². The Morgan fingerprint density at radius 3 is 3.10 bits per heavy atom. The molecule has 0 aromatic heterocycles. The molecule has 0 radical (unpaired) electrons. The normalized spacial score (nSPS) is 29.8. The quantitative estimate of drug-likeness (QED) is 0.582.